The van der Waals surface area contributed by atoms with Crippen LogP contribution in [0.5, 0.6) is 0 Å². The van der Waals surface area contributed by atoms with Gasteiger partial charge in [-0.25, -0.2) is 9.37 Å². The Morgan fingerprint density at radius 3 is 2.50 bits per heavy atom. The quantitative estimate of drug-likeness (QED) is 0.556. The number of aromatic nitrogens is 2. The highest BCUT2D eigenvalue weighted by Gasteiger charge is 2.26. The molecule has 30 heavy (non-hydrogen) atoms. The summed E-state index contributed by atoms with van der Waals surface area (Å²) in [5.41, 5.74) is 1.17. The Hall–Kier alpha value is -2.39. The highest BCUT2D eigenvalue weighted by molar-refractivity contribution is 7.98. The summed E-state index contributed by atoms with van der Waals surface area (Å²) in [6.45, 7) is 3.27. The van der Waals surface area contributed by atoms with Gasteiger partial charge in [0.05, 0.1) is 10.6 Å². The Morgan fingerprint density at radius 1 is 1.23 bits per heavy atom. The van der Waals surface area contributed by atoms with E-state index >= 15 is 0 Å². The van der Waals surface area contributed by atoms with Crippen molar-refractivity contribution in [2.75, 3.05) is 32.4 Å². The predicted molar refractivity (Wildman–Crippen MR) is 114 cm³/mol. The number of nitrogens with one attached hydrogen (secondary N) is 1. The lowest BCUT2D eigenvalue weighted by Gasteiger charge is -2.35. The van der Waals surface area contributed by atoms with Crippen molar-refractivity contribution >= 4 is 35.2 Å². The number of carbonyl (C=O) groups excluding carboxylic acids is 2. The van der Waals surface area contributed by atoms with E-state index in [-0.39, 0.29) is 34.4 Å². The molecule has 1 aliphatic heterocycles. The Kier molecular flexibility index (Phi) is 7.14. The first-order chi connectivity index (χ1) is 14.3. The number of hydrogen-bond donors (Lipinski definition) is 1. The third-order valence-corrected chi connectivity index (χ3v) is 5.96. The summed E-state index contributed by atoms with van der Waals surface area (Å²) >= 11 is 7.33. The molecule has 2 amide bonds. The summed E-state index contributed by atoms with van der Waals surface area (Å²) in [5.74, 6) is -0.858. The molecule has 3 rings (SSSR count). The zero-order chi connectivity index (χ0) is 21.8. The second kappa shape index (κ2) is 9.61. The molecule has 0 bridgehead atoms. The third-order valence-electron chi connectivity index (χ3n) is 5.06. The minimum Gasteiger partial charge on any atom is -0.339 e. The number of thioether (sulfide) groups is 1. The molecule has 1 aromatic carbocycles. The number of piperazine rings is 1. The topological polar surface area (TPSA) is 86.4 Å². The van der Waals surface area contributed by atoms with Gasteiger partial charge in [0, 0.05) is 43.9 Å². The maximum atomic E-state index is 13.2. The molecule has 0 unspecified atom stereocenters. The summed E-state index contributed by atoms with van der Waals surface area (Å²) in [6.07, 6.45) is 2.34. The maximum absolute atomic E-state index is 13.2. The molecule has 160 valence electrons. The molecule has 2 heterocycles. The minimum atomic E-state index is -0.501. The van der Waals surface area contributed by atoms with E-state index in [0.717, 1.165) is 6.07 Å². The van der Waals surface area contributed by atoms with Crippen LogP contribution in [0.4, 0.5) is 4.39 Å². The van der Waals surface area contributed by atoms with Gasteiger partial charge in [-0.2, -0.15) is 0 Å². The Bertz CT molecular complexity index is 1020. The van der Waals surface area contributed by atoms with Gasteiger partial charge in [0.15, 0.2) is 5.16 Å². The van der Waals surface area contributed by atoms with Crippen LogP contribution in [0.25, 0.3) is 0 Å². The lowest BCUT2D eigenvalue weighted by Crippen LogP contribution is -2.50. The molecule has 0 atom stereocenters. The molecule has 0 radical (unpaired) electrons. The molecule has 10 heteroatoms. The van der Waals surface area contributed by atoms with Crippen LogP contribution in [-0.4, -0.2) is 64.0 Å². The zero-order valence-corrected chi connectivity index (χ0v) is 18.3. The van der Waals surface area contributed by atoms with E-state index in [0.29, 0.717) is 49.0 Å². The van der Waals surface area contributed by atoms with E-state index in [9.17, 15) is 18.8 Å². The van der Waals surface area contributed by atoms with Crippen molar-refractivity contribution in [2.45, 2.75) is 24.9 Å². The number of rotatable bonds is 5. The van der Waals surface area contributed by atoms with E-state index in [4.69, 9.17) is 11.6 Å². The van der Waals surface area contributed by atoms with E-state index < -0.39 is 5.82 Å². The zero-order valence-electron chi connectivity index (χ0n) is 16.7. The first-order valence-corrected chi connectivity index (χ1v) is 11.1. The average molecular weight is 453 g/mol. The molecular weight excluding hydrogens is 431 g/mol. The molecule has 1 N–H and O–H groups in total. The fourth-order valence-electron chi connectivity index (χ4n) is 3.36. The van der Waals surface area contributed by atoms with Crippen LogP contribution < -0.4 is 5.56 Å². The number of aryl methyl sites for hydroxylation is 1. The number of benzene rings is 1. The second-order valence-corrected chi connectivity index (χ2v) is 8.14. The molecular formula is C20H22ClFN4O3S. The molecule has 7 nitrogen and oxygen atoms in total. The maximum Gasteiger partial charge on any atom is 0.255 e. The van der Waals surface area contributed by atoms with E-state index in [2.05, 4.69) is 9.97 Å². The predicted octanol–water partition coefficient (Wildman–Crippen LogP) is 2.51. The first-order valence-electron chi connectivity index (χ1n) is 9.46. The van der Waals surface area contributed by atoms with Crippen molar-refractivity contribution in [2.24, 2.45) is 0 Å². The molecule has 0 aliphatic carbocycles. The van der Waals surface area contributed by atoms with Crippen LogP contribution in [0, 0.1) is 12.7 Å². The van der Waals surface area contributed by atoms with E-state index in [1.54, 1.807) is 16.7 Å². The number of amides is 2. The Labute approximate surface area is 182 Å². The van der Waals surface area contributed by atoms with E-state index in [1.807, 2.05) is 6.26 Å². The second-order valence-electron chi connectivity index (χ2n) is 6.94. The monoisotopic (exact) mass is 452 g/mol. The van der Waals surface area contributed by atoms with Crippen molar-refractivity contribution in [3.63, 3.8) is 0 Å². The molecule has 1 aromatic heterocycles. The first kappa shape index (κ1) is 22.3. The van der Waals surface area contributed by atoms with Gasteiger partial charge in [0.2, 0.25) is 5.91 Å². The molecule has 1 aliphatic rings. The lowest BCUT2D eigenvalue weighted by molar-refractivity contribution is -0.132. The minimum absolute atomic E-state index is 0.0696. The molecule has 1 saturated heterocycles. The third kappa shape index (κ3) is 5.02. The van der Waals surface area contributed by atoms with Gasteiger partial charge in [-0.1, -0.05) is 23.4 Å². The smallest absolute Gasteiger partial charge is 0.255 e. The van der Waals surface area contributed by atoms with Gasteiger partial charge in [0.1, 0.15) is 5.82 Å². The van der Waals surface area contributed by atoms with Crippen molar-refractivity contribution in [1.29, 1.82) is 0 Å². The van der Waals surface area contributed by atoms with Crippen LogP contribution in [0.1, 0.15) is 28.0 Å². The summed E-state index contributed by atoms with van der Waals surface area (Å²) in [5, 5.41) is 0.620. The fraction of sp³-hybridized carbons (Fsp3) is 0.400. The van der Waals surface area contributed by atoms with Crippen molar-refractivity contribution in [3.05, 3.63) is 56.2 Å². The summed E-state index contributed by atoms with van der Waals surface area (Å²) in [6, 6.07) is 3.68. The Balaban J connectivity index is 1.55. The number of halogens is 2. The largest absolute Gasteiger partial charge is 0.339 e. The van der Waals surface area contributed by atoms with Gasteiger partial charge in [0.25, 0.3) is 11.5 Å². The Morgan fingerprint density at radius 2 is 1.90 bits per heavy atom. The number of carbonyl (C=O) groups is 2. The highest BCUT2D eigenvalue weighted by Crippen LogP contribution is 2.20. The van der Waals surface area contributed by atoms with Gasteiger partial charge in [-0.05, 0) is 37.8 Å². The number of aromatic amines is 1. The standard InChI is InChI=1S/C20H22ClFN4O3S/c1-12-14(18(28)24-20(23-12)30-2)5-6-17(27)25-7-9-26(10-8-25)19(29)15-4-3-13(22)11-16(15)21/h3-4,11H,5-10H2,1-2H3,(H,23,24,28). The number of hydrogen-bond acceptors (Lipinski definition) is 5. The molecule has 0 spiro atoms. The molecule has 2 aromatic rings. The van der Waals surface area contributed by atoms with Crippen molar-refractivity contribution in [1.82, 2.24) is 19.8 Å². The van der Waals surface area contributed by atoms with Crippen LogP contribution in [0.2, 0.25) is 5.02 Å². The van der Waals surface area contributed by atoms with Gasteiger partial charge >= 0.3 is 0 Å². The lowest BCUT2D eigenvalue weighted by atomic mass is 10.1. The fourth-order valence-corrected chi connectivity index (χ4v) is 4.03. The summed E-state index contributed by atoms with van der Waals surface area (Å²) in [7, 11) is 0. The normalized spacial score (nSPS) is 14.1. The number of nitrogens with zero attached hydrogens (tertiary/aromatic N) is 3. The van der Waals surface area contributed by atoms with Gasteiger partial charge < -0.3 is 14.8 Å². The molecule has 0 saturated carbocycles. The van der Waals surface area contributed by atoms with Crippen LogP contribution >= 0.6 is 23.4 Å². The van der Waals surface area contributed by atoms with Crippen molar-refractivity contribution < 1.29 is 14.0 Å². The SMILES string of the molecule is CSc1nc(C)c(CCC(=O)N2CCN(C(=O)c3ccc(F)cc3Cl)CC2)c(=O)[nH]1. The average Bonchev–Trinajstić information content (AvgIpc) is 2.72. The van der Waals surface area contributed by atoms with Gasteiger partial charge in [-0.15, -0.1) is 0 Å². The van der Waals surface area contributed by atoms with Crippen LogP contribution in [-0.2, 0) is 11.2 Å². The van der Waals surface area contributed by atoms with Crippen LogP contribution in [0.15, 0.2) is 28.2 Å². The van der Waals surface area contributed by atoms with Crippen LogP contribution in [0.3, 0.4) is 0 Å². The summed E-state index contributed by atoms with van der Waals surface area (Å²) in [4.78, 5) is 47.7. The van der Waals surface area contributed by atoms with Crippen molar-refractivity contribution in [3.8, 4) is 0 Å². The number of H-pyrrole nitrogens is 1. The molecule has 1 fully saturated rings. The van der Waals surface area contributed by atoms with Gasteiger partial charge in [-0.3, -0.25) is 14.4 Å². The summed E-state index contributed by atoms with van der Waals surface area (Å²) < 4.78 is 13.2. The van der Waals surface area contributed by atoms with E-state index in [1.165, 1.54) is 23.9 Å². The highest BCUT2D eigenvalue weighted by atomic mass is 35.5.